The SMILES string of the molecule is COC(=O)c1ccc(Sc2nc(C)cc(=O)[nH]2)c(N)c1. The molecule has 1 aromatic carbocycles. The minimum Gasteiger partial charge on any atom is -0.465 e. The summed E-state index contributed by atoms with van der Waals surface area (Å²) in [6.45, 7) is 1.74. The summed E-state index contributed by atoms with van der Waals surface area (Å²) in [7, 11) is 1.31. The van der Waals surface area contributed by atoms with E-state index in [1.54, 1.807) is 19.1 Å². The number of carbonyl (C=O) groups is 1. The van der Waals surface area contributed by atoms with Gasteiger partial charge in [0.2, 0.25) is 0 Å². The first-order valence-electron chi connectivity index (χ1n) is 5.73. The molecule has 104 valence electrons. The number of aromatic amines is 1. The van der Waals surface area contributed by atoms with Crippen molar-refractivity contribution in [2.75, 3.05) is 12.8 Å². The third-order valence-electron chi connectivity index (χ3n) is 2.49. The molecule has 0 spiro atoms. The van der Waals surface area contributed by atoms with Gasteiger partial charge in [-0.1, -0.05) is 0 Å². The smallest absolute Gasteiger partial charge is 0.337 e. The van der Waals surface area contributed by atoms with E-state index in [-0.39, 0.29) is 5.56 Å². The third kappa shape index (κ3) is 3.18. The van der Waals surface area contributed by atoms with Crippen molar-refractivity contribution < 1.29 is 9.53 Å². The molecular weight excluding hydrogens is 278 g/mol. The fraction of sp³-hybridized carbons (Fsp3) is 0.154. The first-order valence-corrected chi connectivity index (χ1v) is 6.55. The van der Waals surface area contributed by atoms with Gasteiger partial charge in [-0.3, -0.25) is 4.79 Å². The number of rotatable bonds is 3. The number of H-pyrrole nitrogens is 1. The first kappa shape index (κ1) is 14.1. The molecule has 3 N–H and O–H groups in total. The molecule has 0 atom stereocenters. The molecule has 0 radical (unpaired) electrons. The predicted octanol–water partition coefficient (Wildman–Crippen LogP) is 1.60. The number of hydrogen-bond acceptors (Lipinski definition) is 6. The molecule has 0 amide bonds. The normalized spacial score (nSPS) is 10.3. The van der Waals surface area contributed by atoms with Crippen molar-refractivity contribution in [2.24, 2.45) is 0 Å². The van der Waals surface area contributed by atoms with Crippen molar-refractivity contribution in [3.05, 3.63) is 45.9 Å². The fourth-order valence-electron chi connectivity index (χ4n) is 1.59. The molecule has 2 rings (SSSR count). The lowest BCUT2D eigenvalue weighted by molar-refractivity contribution is 0.0600. The van der Waals surface area contributed by atoms with Crippen LogP contribution in [0, 0.1) is 6.92 Å². The lowest BCUT2D eigenvalue weighted by Crippen LogP contribution is -2.08. The molecule has 2 aromatic rings. The Kier molecular flexibility index (Phi) is 4.09. The number of anilines is 1. The van der Waals surface area contributed by atoms with Crippen LogP contribution < -0.4 is 11.3 Å². The maximum Gasteiger partial charge on any atom is 0.337 e. The highest BCUT2D eigenvalue weighted by molar-refractivity contribution is 7.99. The monoisotopic (exact) mass is 291 g/mol. The fourth-order valence-corrected chi connectivity index (χ4v) is 2.45. The number of benzene rings is 1. The lowest BCUT2D eigenvalue weighted by atomic mass is 10.2. The van der Waals surface area contributed by atoms with Crippen molar-refractivity contribution in [1.82, 2.24) is 9.97 Å². The van der Waals surface area contributed by atoms with Gasteiger partial charge >= 0.3 is 5.97 Å². The molecule has 0 saturated heterocycles. The molecule has 0 unspecified atom stereocenters. The van der Waals surface area contributed by atoms with Gasteiger partial charge in [-0.25, -0.2) is 9.78 Å². The Morgan fingerprint density at radius 3 is 2.75 bits per heavy atom. The number of carbonyl (C=O) groups excluding carboxylic acids is 1. The van der Waals surface area contributed by atoms with Crippen LogP contribution in [0.2, 0.25) is 0 Å². The molecule has 0 bridgehead atoms. The molecule has 1 aromatic heterocycles. The molecule has 20 heavy (non-hydrogen) atoms. The number of ether oxygens (including phenoxy) is 1. The van der Waals surface area contributed by atoms with Crippen LogP contribution in [0.5, 0.6) is 0 Å². The minimum absolute atomic E-state index is 0.218. The summed E-state index contributed by atoms with van der Waals surface area (Å²) in [5, 5.41) is 0.451. The Labute approximate surface area is 119 Å². The number of hydrogen-bond donors (Lipinski definition) is 2. The van der Waals surface area contributed by atoms with Crippen LogP contribution in [0.4, 0.5) is 5.69 Å². The van der Waals surface area contributed by atoms with Crippen LogP contribution in [-0.2, 0) is 4.74 Å². The number of methoxy groups -OCH3 is 1. The van der Waals surface area contributed by atoms with Gasteiger partial charge in [0.05, 0.1) is 12.7 Å². The van der Waals surface area contributed by atoms with Crippen LogP contribution in [0.25, 0.3) is 0 Å². The summed E-state index contributed by atoms with van der Waals surface area (Å²) >= 11 is 1.23. The zero-order valence-electron chi connectivity index (χ0n) is 11.0. The first-order chi connectivity index (χ1) is 9.49. The van der Waals surface area contributed by atoms with Crippen LogP contribution >= 0.6 is 11.8 Å². The highest BCUT2D eigenvalue weighted by atomic mass is 32.2. The standard InChI is InChI=1S/C13H13N3O3S/c1-7-5-11(17)16-13(15-7)20-10-4-3-8(6-9(10)14)12(18)19-2/h3-6H,14H2,1-2H3,(H,15,16,17). The van der Waals surface area contributed by atoms with Gasteiger partial charge < -0.3 is 15.5 Å². The number of esters is 1. The van der Waals surface area contributed by atoms with E-state index in [0.717, 1.165) is 0 Å². The molecule has 7 heteroatoms. The van der Waals surface area contributed by atoms with E-state index in [2.05, 4.69) is 14.7 Å². The van der Waals surface area contributed by atoms with E-state index in [9.17, 15) is 9.59 Å². The van der Waals surface area contributed by atoms with Crippen LogP contribution in [0.3, 0.4) is 0 Å². The highest BCUT2D eigenvalue weighted by Crippen LogP contribution is 2.30. The van der Waals surface area contributed by atoms with Crippen molar-refractivity contribution in [1.29, 1.82) is 0 Å². The van der Waals surface area contributed by atoms with E-state index in [1.165, 1.54) is 31.0 Å². The third-order valence-corrected chi connectivity index (χ3v) is 3.46. The van der Waals surface area contributed by atoms with Crippen molar-refractivity contribution >= 4 is 23.4 Å². The number of nitrogens with two attached hydrogens (primary N) is 1. The lowest BCUT2D eigenvalue weighted by Gasteiger charge is -2.07. The summed E-state index contributed by atoms with van der Waals surface area (Å²) < 4.78 is 4.62. The summed E-state index contributed by atoms with van der Waals surface area (Å²) in [5.41, 5.74) is 7.09. The molecule has 0 aliphatic rings. The van der Waals surface area contributed by atoms with Crippen LogP contribution in [0.15, 0.2) is 39.1 Å². The molecule has 6 nitrogen and oxygen atoms in total. The molecule has 1 heterocycles. The molecular formula is C13H13N3O3S. The summed E-state index contributed by atoms with van der Waals surface area (Å²) in [4.78, 5) is 30.3. The predicted molar refractivity (Wildman–Crippen MR) is 75.9 cm³/mol. The van der Waals surface area contributed by atoms with E-state index in [0.29, 0.717) is 27.0 Å². The number of nitrogens with zero attached hydrogens (tertiary/aromatic N) is 1. The minimum atomic E-state index is -0.449. The van der Waals surface area contributed by atoms with E-state index in [1.807, 2.05) is 0 Å². The van der Waals surface area contributed by atoms with E-state index < -0.39 is 5.97 Å². The Balaban J connectivity index is 2.30. The highest BCUT2D eigenvalue weighted by Gasteiger charge is 2.10. The van der Waals surface area contributed by atoms with Gasteiger partial charge in [0.15, 0.2) is 5.16 Å². The number of nitrogen functional groups attached to an aromatic ring is 1. The molecule has 0 aliphatic heterocycles. The second-order valence-corrected chi connectivity index (χ2v) is 5.07. The molecule has 0 aliphatic carbocycles. The molecule has 0 saturated carbocycles. The summed E-state index contributed by atoms with van der Waals surface area (Å²) in [5.74, 6) is -0.449. The zero-order chi connectivity index (χ0) is 14.7. The van der Waals surface area contributed by atoms with Crippen LogP contribution in [0.1, 0.15) is 16.1 Å². The van der Waals surface area contributed by atoms with Gasteiger partial charge in [-0.05, 0) is 36.9 Å². The topological polar surface area (TPSA) is 98.1 Å². The maximum atomic E-state index is 11.4. The van der Waals surface area contributed by atoms with Gasteiger partial charge in [0.25, 0.3) is 5.56 Å². The number of aryl methyl sites for hydroxylation is 1. The quantitative estimate of drug-likeness (QED) is 0.506. The molecule has 0 fully saturated rings. The Morgan fingerprint density at radius 1 is 1.40 bits per heavy atom. The number of aromatic nitrogens is 2. The van der Waals surface area contributed by atoms with Crippen molar-refractivity contribution in [2.45, 2.75) is 17.0 Å². The van der Waals surface area contributed by atoms with Gasteiger partial charge in [-0.15, -0.1) is 0 Å². The second kappa shape index (κ2) is 5.79. The van der Waals surface area contributed by atoms with Gasteiger partial charge in [-0.2, -0.15) is 0 Å². The zero-order valence-corrected chi connectivity index (χ0v) is 11.8. The Bertz CT molecular complexity index is 712. The van der Waals surface area contributed by atoms with Crippen molar-refractivity contribution in [3.63, 3.8) is 0 Å². The van der Waals surface area contributed by atoms with E-state index >= 15 is 0 Å². The summed E-state index contributed by atoms with van der Waals surface area (Å²) in [6, 6.07) is 6.24. The van der Waals surface area contributed by atoms with Gasteiger partial charge in [0.1, 0.15) is 0 Å². The maximum absolute atomic E-state index is 11.4. The van der Waals surface area contributed by atoms with Crippen LogP contribution in [-0.4, -0.2) is 23.0 Å². The van der Waals surface area contributed by atoms with Crippen molar-refractivity contribution in [3.8, 4) is 0 Å². The second-order valence-electron chi connectivity index (χ2n) is 4.04. The Morgan fingerprint density at radius 2 is 2.15 bits per heavy atom. The Hall–Kier alpha value is -2.28. The average molecular weight is 291 g/mol. The van der Waals surface area contributed by atoms with E-state index in [4.69, 9.17) is 5.73 Å². The number of nitrogens with one attached hydrogen (secondary N) is 1. The van der Waals surface area contributed by atoms with Gasteiger partial charge in [0, 0.05) is 22.3 Å². The summed E-state index contributed by atoms with van der Waals surface area (Å²) in [6.07, 6.45) is 0. The average Bonchev–Trinajstić information content (AvgIpc) is 2.39. The largest absolute Gasteiger partial charge is 0.465 e.